The molecule has 1 amide bonds. The molecule has 1 aromatic carbocycles. The van der Waals surface area contributed by atoms with Gasteiger partial charge in [-0.05, 0) is 37.0 Å². The maximum absolute atomic E-state index is 13.9. The Hall–Kier alpha value is -2.15. The molecule has 1 aromatic heterocycles. The van der Waals surface area contributed by atoms with E-state index in [1.54, 1.807) is 4.57 Å². The highest BCUT2D eigenvalue weighted by molar-refractivity contribution is 6.31. The van der Waals surface area contributed by atoms with E-state index in [0.29, 0.717) is 36.4 Å². The molecule has 0 atom stereocenters. The molecule has 6 nitrogen and oxygen atoms in total. The van der Waals surface area contributed by atoms with Crippen molar-refractivity contribution in [1.82, 2.24) is 19.2 Å². The Morgan fingerprint density at radius 3 is 2.88 bits per heavy atom. The number of amides is 1. The molecule has 1 fully saturated rings. The van der Waals surface area contributed by atoms with Crippen molar-refractivity contribution >= 4 is 17.5 Å². The van der Waals surface area contributed by atoms with Crippen molar-refractivity contribution in [3.8, 4) is 0 Å². The van der Waals surface area contributed by atoms with Crippen LogP contribution in [0, 0.1) is 11.7 Å². The van der Waals surface area contributed by atoms with Crippen LogP contribution in [0.25, 0.3) is 0 Å². The van der Waals surface area contributed by atoms with Gasteiger partial charge in [-0.15, -0.1) is 0 Å². The molecule has 0 radical (unpaired) electrons. The van der Waals surface area contributed by atoms with Crippen LogP contribution < -0.4 is 5.69 Å². The summed E-state index contributed by atoms with van der Waals surface area (Å²) in [6.45, 7) is 1.53. The fourth-order valence-corrected chi connectivity index (χ4v) is 3.14. The number of fused-ring (bicyclic) bond motifs is 1. The normalized spacial score (nSPS) is 17.0. The third kappa shape index (κ3) is 2.73. The number of aromatic nitrogens is 3. The van der Waals surface area contributed by atoms with Crippen molar-refractivity contribution in [2.24, 2.45) is 5.92 Å². The lowest BCUT2D eigenvalue weighted by Crippen LogP contribution is -2.41. The lowest BCUT2D eigenvalue weighted by Gasteiger charge is -2.26. The Morgan fingerprint density at radius 2 is 2.12 bits per heavy atom. The van der Waals surface area contributed by atoms with Gasteiger partial charge in [-0.25, -0.2) is 13.9 Å². The smallest absolute Gasteiger partial charge is 0.329 e. The number of hydrogen-bond donors (Lipinski definition) is 0. The maximum Gasteiger partial charge on any atom is 0.346 e. The number of nitrogens with zero attached hydrogens (tertiary/aromatic N) is 4. The first-order valence-electron chi connectivity index (χ1n) is 7.94. The van der Waals surface area contributed by atoms with E-state index in [2.05, 4.69) is 5.10 Å². The second kappa shape index (κ2) is 5.73. The van der Waals surface area contributed by atoms with Crippen LogP contribution in [-0.2, 0) is 19.6 Å². The summed E-state index contributed by atoms with van der Waals surface area (Å²) >= 11 is 5.86. The molecule has 0 bridgehead atoms. The molecule has 1 saturated carbocycles. The van der Waals surface area contributed by atoms with Gasteiger partial charge in [-0.3, -0.25) is 9.36 Å². The monoisotopic (exact) mass is 350 g/mol. The molecular weight excluding hydrogens is 335 g/mol. The highest BCUT2D eigenvalue weighted by Gasteiger charge is 2.29. The molecule has 0 unspecified atom stereocenters. The van der Waals surface area contributed by atoms with Crippen LogP contribution in [0.1, 0.15) is 29.0 Å². The van der Waals surface area contributed by atoms with Gasteiger partial charge in [0.2, 0.25) is 0 Å². The topological polar surface area (TPSA) is 60.1 Å². The second-order valence-corrected chi connectivity index (χ2v) is 6.76. The molecule has 4 rings (SSSR count). The molecule has 0 N–H and O–H groups in total. The number of rotatable bonds is 3. The van der Waals surface area contributed by atoms with E-state index in [1.807, 2.05) is 0 Å². The largest absolute Gasteiger partial charge is 0.346 e. The van der Waals surface area contributed by atoms with Gasteiger partial charge >= 0.3 is 5.69 Å². The Kier molecular flexibility index (Phi) is 3.68. The molecule has 0 spiro atoms. The first kappa shape index (κ1) is 15.4. The summed E-state index contributed by atoms with van der Waals surface area (Å²) in [4.78, 5) is 26.4. The molecule has 2 heterocycles. The van der Waals surface area contributed by atoms with E-state index in [-0.39, 0.29) is 17.8 Å². The Morgan fingerprint density at radius 1 is 1.33 bits per heavy atom. The molecule has 126 valence electrons. The van der Waals surface area contributed by atoms with Crippen molar-refractivity contribution < 1.29 is 9.18 Å². The summed E-state index contributed by atoms with van der Waals surface area (Å²) in [6.07, 6.45) is 2.26. The summed E-state index contributed by atoms with van der Waals surface area (Å²) in [5, 5.41) is 4.66. The predicted octanol–water partition coefficient (Wildman–Crippen LogP) is 1.90. The summed E-state index contributed by atoms with van der Waals surface area (Å²) in [5.41, 5.74) is -0.186. The van der Waals surface area contributed by atoms with E-state index >= 15 is 0 Å². The number of halogens is 2. The minimum absolute atomic E-state index is 0.0595. The van der Waals surface area contributed by atoms with Gasteiger partial charge in [-0.2, -0.15) is 5.10 Å². The quantitative estimate of drug-likeness (QED) is 0.849. The van der Waals surface area contributed by atoms with Crippen LogP contribution in [0.15, 0.2) is 23.0 Å². The molecule has 2 aliphatic rings. The zero-order valence-corrected chi connectivity index (χ0v) is 13.7. The summed E-state index contributed by atoms with van der Waals surface area (Å²) in [5.74, 6) is 0.0395. The maximum atomic E-state index is 13.9. The first-order valence-corrected chi connectivity index (χ1v) is 8.31. The molecule has 0 saturated heterocycles. The van der Waals surface area contributed by atoms with Crippen molar-refractivity contribution in [2.45, 2.75) is 32.5 Å². The average molecular weight is 351 g/mol. The molecule has 2 aromatic rings. The second-order valence-electron chi connectivity index (χ2n) is 6.33. The highest BCUT2D eigenvalue weighted by atomic mass is 35.5. The van der Waals surface area contributed by atoms with Gasteiger partial charge in [0, 0.05) is 24.7 Å². The molecule has 1 aliphatic carbocycles. The van der Waals surface area contributed by atoms with Crippen LogP contribution in [0.4, 0.5) is 4.39 Å². The number of carbonyl (C=O) groups excluding carboxylic acids is 1. The van der Waals surface area contributed by atoms with Crippen LogP contribution in [0.3, 0.4) is 0 Å². The van der Waals surface area contributed by atoms with Crippen LogP contribution in [-0.4, -0.2) is 31.7 Å². The molecule has 24 heavy (non-hydrogen) atoms. The lowest BCUT2D eigenvalue weighted by atomic mass is 10.1. The van der Waals surface area contributed by atoms with E-state index in [0.717, 1.165) is 12.8 Å². The van der Waals surface area contributed by atoms with E-state index in [9.17, 15) is 14.0 Å². The van der Waals surface area contributed by atoms with Gasteiger partial charge in [0.1, 0.15) is 5.82 Å². The fourth-order valence-electron chi connectivity index (χ4n) is 2.97. The standard InChI is InChI=1S/C16H16ClFN4O2/c17-11-3-4-13(18)12(7-11)15(23)20-5-6-21-14(9-20)19-22(16(21)24)8-10-1-2-10/h3-4,7,10H,1-2,5-6,8-9H2. The third-order valence-electron chi connectivity index (χ3n) is 4.50. The van der Waals surface area contributed by atoms with Gasteiger partial charge in [0.25, 0.3) is 5.91 Å². The molecular formula is C16H16ClFN4O2. The Bertz CT molecular complexity index is 871. The number of benzene rings is 1. The zero-order valence-electron chi connectivity index (χ0n) is 12.9. The third-order valence-corrected chi connectivity index (χ3v) is 4.73. The minimum atomic E-state index is -0.605. The van der Waals surface area contributed by atoms with E-state index in [1.165, 1.54) is 27.8 Å². The number of hydrogen-bond acceptors (Lipinski definition) is 3. The van der Waals surface area contributed by atoms with E-state index < -0.39 is 11.7 Å². The van der Waals surface area contributed by atoms with Crippen LogP contribution in [0.2, 0.25) is 5.02 Å². The van der Waals surface area contributed by atoms with Crippen LogP contribution >= 0.6 is 11.6 Å². The fraction of sp³-hybridized carbons (Fsp3) is 0.438. The van der Waals surface area contributed by atoms with Crippen molar-refractivity contribution in [3.05, 3.63) is 50.9 Å². The van der Waals surface area contributed by atoms with Crippen molar-refractivity contribution in [2.75, 3.05) is 6.54 Å². The van der Waals surface area contributed by atoms with Gasteiger partial charge in [0.15, 0.2) is 5.82 Å². The highest BCUT2D eigenvalue weighted by Crippen LogP contribution is 2.30. The van der Waals surface area contributed by atoms with Crippen LogP contribution in [0.5, 0.6) is 0 Å². The summed E-state index contributed by atoms with van der Waals surface area (Å²) in [6, 6.07) is 3.91. The SMILES string of the molecule is O=C(c1cc(Cl)ccc1F)N1CCn2c(nn(CC3CC3)c2=O)C1. The Balaban J connectivity index is 1.58. The summed E-state index contributed by atoms with van der Waals surface area (Å²) < 4.78 is 17.0. The molecule has 1 aliphatic heterocycles. The Labute approximate surface area is 142 Å². The van der Waals surface area contributed by atoms with Gasteiger partial charge in [-0.1, -0.05) is 11.6 Å². The average Bonchev–Trinajstić information content (AvgIpc) is 3.33. The molecule has 8 heteroatoms. The lowest BCUT2D eigenvalue weighted by molar-refractivity contribution is 0.0701. The van der Waals surface area contributed by atoms with Crippen molar-refractivity contribution in [3.63, 3.8) is 0 Å². The zero-order chi connectivity index (χ0) is 16.8. The predicted molar refractivity (Wildman–Crippen MR) is 85.4 cm³/mol. The van der Waals surface area contributed by atoms with E-state index in [4.69, 9.17) is 11.6 Å². The van der Waals surface area contributed by atoms with Gasteiger partial charge in [0.05, 0.1) is 12.1 Å². The first-order chi connectivity index (χ1) is 11.5. The minimum Gasteiger partial charge on any atom is -0.329 e. The summed E-state index contributed by atoms with van der Waals surface area (Å²) in [7, 11) is 0. The van der Waals surface area contributed by atoms with Crippen molar-refractivity contribution in [1.29, 1.82) is 0 Å². The van der Waals surface area contributed by atoms with Gasteiger partial charge < -0.3 is 4.90 Å². The number of carbonyl (C=O) groups is 1.